The molecule has 0 aromatic carbocycles. The van der Waals surface area contributed by atoms with Crippen molar-refractivity contribution in [2.45, 2.75) is 167 Å². The van der Waals surface area contributed by atoms with Crippen molar-refractivity contribution in [2.24, 2.45) is 23.7 Å². The van der Waals surface area contributed by atoms with E-state index in [9.17, 15) is 0 Å². The molecule has 0 amide bonds. The zero-order chi connectivity index (χ0) is 29.2. The fourth-order valence-corrected chi connectivity index (χ4v) is 16.1. The van der Waals surface area contributed by atoms with Gasteiger partial charge in [-0.1, -0.05) is 111 Å². The van der Waals surface area contributed by atoms with E-state index in [-0.39, 0.29) is 36.5 Å². The first-order valence-electron chi connectivity index (χ1n) is 16.2. The van der Waals surface area contributed by atoms with Gasteiger partial charge >= 0.3 is 36.5 Å². The Labute approximate surface area is 280 Å². The second kappa shape index (κ2) is 21.8. The minimum Gasteiger partial charge on any atom is -0.242 e. The molecule has 0 radical (unpaired) electrons. The molecule has 2 aliphatic carbocycles. The molecule has 40 heavy (non-hydrogen) atoms. The Morgan fingerprint density at radius 2 is 0.725 bits per heavy atom. The van der Waals surface area contributed by atoms with Crippen LogP contribution in [0.2, 0.25) is 0 Å². The van der Waals surface area contributed by atoms with Crippen molar-refractivity contribution in [3.63, 3.8) is 0 Å². The molecule has 2 aliphatic heterocycles. The topological polar surface area (TPSA) is 0 Å². The van der Waals surface area contributed by atoms with Crippen molar-refractivity contribution in [3.05, 3.63) is 38.2 Å². The number of rotatable bonds is 6. The van der Waals surface area contributed by atoms with Crippen LogP contribution >= 0.6 is 15.8 Å². The Morgan fingerprint density at radius 1 is 0.550 bits per heavy atom. The molecular formula is C36H68FeP2Ru+2. The first kappa shape index (κ1) is 43.4. The van der Waals surface area contributed by atoms with E-state index in [0.29, 0.717) is 15.8 Å². The van der Waals surface area contributed by atoms with Crippen LogP contribution < -0.4 is 0 Å². The minimum absolute atomic E-state index is 0. The summed E-state index contributed by atoms with van der Waals surface area (Å²) in [7, 11) is 0.791. The number of hydrogen-bond acceptors (Lipinski definition) is 0. The van der Waals surface area contributed by atoms with Gasteiger partial charge in [-0.05, 0) is 96.2 Å². The van der Waals surface area contributed by atoms with E-state index in [2.05, 4.69) is 82.4 Å². The first-order valence-corrected chi connectivity index (χ1v) is 19.3. The van der Waals surface area contributed by atoms with Gasteiger partial charge in [0.2, 0.25) is 0 Å². The molecule has 0 spiro atoms. The van der Waals surface area contributed by atoms with Crippen molar-refractivity contribution in [1.29, 1.82) is 0 Å². The van der Waals surface area contributed by atoms with Crippen LogP contribution in [-0.2, 0) is 36.5 Å². The first-order chi connectivity index (χ1) is 17.7. The summed E-state index contributed by atoms with van der Waals surface area (Å²) >= 11 is 0. The predicted octanol–water partition coefficient (Wildman–Crippen LogP) is 12.5. The normalized spacial score (nSPS) is 26.8. The number of hydrogen-bond donors (Lipinski definition) is 0. The van der Waals surface area contributed by atoms with E-state index in [0.717, 1.165) is 68.8 Å². The van der Waals surface area contributed by atoms with Crippen molar-refractivity contribution >= 4 is 15.8 Å². The molecule has 2 saturated carbocycles. The Bertz CT molecular complexity index is 577. The van der Waals surface area contributed by atoms with Gasteiger partial charge in [-0.15, -0.1) is 0 Å². The Balaban J connectivity index is 0. The summed E-state index contributed by atoms with van der Waals surface area (Å²) in [6.07, 6.45) is 15.5. The molecule has 0 aromatic heterocycles. The van der Waals surface area contributed by atoms with Crippen LogP contribution in [0.25, 0.3) is 0 Å². The minimum atomic E-state index is 0. The van der Waals surface area contributed by atoms with Crippen LogP contribution in [0.15, 0.2) is 24.3 Å². The van der Waals surface area contributed by atoms with Gasteiger partial charge in [0.05, 0.1) is 0 Å². The number of allylic oxidation sites excluding steroid dienone is 2. The second-order valence-electron chi connectivity index (χ2n) is 14.4. The zero-order valence-electron chi connectivity index (χ0n) is 28.3. The Morgan fingerprint density at radius 3 is 0.875 bits per heavy atom. The molecule has 236 valence electrons. The van der Waals surface area contributed by atoms with Crippen molar-refractivity contribution in [1.82, 2.24) is 0 Å². The molecule has 0 unspecified atom stereocenters. The van der Waals surface area contributed by atoms with Gasteiger partial charge in [-0.25, -0.2) is 38.2 Å². The van der Waals surface area contributed by atoms with E-state index in [4.69, 9.17) is 0 Å². The summed E-state index contributed by atoms with van der Waals surface area (Å²) < 4.78 is 0. The van der Waals surface area contributed by atoms with Crippen LogP contribution in [0.5, 0.6) is 0 Å². The molecule has 4 atom stereocenters. The third kappa shape index (κ3) is 14.3. The van der Waals surface area contributed by atoms with E-state index in [1.807, 2.05) is 13.8 Å². The van der Waals surface area contributed by atoms with Gasteiger partial charge in [0.1, 0.15) is 0 Å². The molecule has 2 heterocycles. The third-order valence-electron chi connectivity index (χ3n) is 9.07. The average molecular weight is 720 g/mol. The van der Waals surface area contributed by atoms with Crippen LogP contribution in [0.3, 0.4) is 0 Å². The predicted molar refractivity (Wildman–Crippen MR) is 182 cm³/mol. The van der Waals surface area contributed by atoms with Crippen LogP contribution in [0.1, 0.15) is 133 Å². The van der Waals surface area contributed by atoms with Gasteiger partial charge in [0.15, 0.2) is 0 Å². The molecule has 4 aliphatic rings. The summed E-state index contributed by atoms with van der Waals surface area (Å²) in [4.78, 5) is 0. The Hall–Kier alpha value is 1.22. The quantitative estimate of drug-likeness (QED) is 0.146. The van der Waals surface area contributed by atoms with Gasteiger partial charge < -0.3 is 0 Å². The van der Waals surface area contributed by atoms with Crippen LogP contribution in [-0.4, -0.2) is 34.0 Å². The maximum atomic E-state index is 3.44. The van der Waals surface area contributed by atoms with Crippen LogP contribution in [0, 0.1) is 37.5 Å². The largest absolute Gasteiger partial charge is 2.00 e. The van der Waals surface area contributed by atoms with Gasteiger partial charge in [0, 0.05) is 0 Å². The summed E-state index contributed by atoms with van der Waals surface area (Å²) in [5, 5.41) is 0. The molecule has 0 aromatic rings. The standard InChI is InChI=1S/2C14H27P.2C4H7.Fe.Ru/c2*1-10(2)13-9-14(11(3)4)15(13)12-7-5-6-8-12;2*1-4(2)3;;/h2*10-14H,5-9H2,1-4H3;2*1-2H2,3H3;;/q;;2*-1;2*+2/t2*13-,14-;;;;/m00..../s1. The van der Waals surface area contributed by atoms with Gasteiger partial charge in [-0.3, -0.25) is 0 Å². The van der Waals surface area contributed by atoms with E-state index >= 15 is 0 Å². The second-order valence-corrected chi connectivity index (χ2v) is 20.3. The molecular weight excluding hydrogens is 651 g/mol. The van der Waals surface area contributed by atoms with Gasteiger partial charge in [0.25, 0.3) is 0 Å². The summed E-state index contributed by atoms with van der Waals surface area (Å²) in [6.45, 7) is 37.1. The maximum absolute atomic E-state index is 3.44. The SMILES string of the molecule is C=C([CH2-])C.C=C([CH2-])C.CC(C)[C@@H]1C[C@@H](C(C)C)P1C1CCCC1.CC(C)[C@@H]1C[C@@H](C(C)C)P1C1CCCC1.[Fe+2].[Ru+2]. The Kier molecular flexibility index (Phi) is 23.7. The zero-order valence-corrected chi connectivity index (χ0v) is 32.9. The van der Waals surface area contributed by atoms with E-state index in [1.54, 1.807) is 38.5 Å². The fourth-order valence-electron chi connectivity index (χ4n) is 7.15. The van der Waals surface area contributed by atoms with E-state index in [1.165, 1.54) is 25.7 Å². The van der Waals surface area contributed by atoms with Crippen molar-refractivity contribution in [3.8, 4) is 0 Å². The molecule has 0 bridgehead atoms. The third-order valence-corrected chi connectivity index (χ3v) is 18.1. The molecule has 4 fully saturated rings. The summed E-state index contributed by atoms with van der Waals surface area (Å²) in [5.41, 5.74) is 8.64. The molecule has 2 saturated heterocycles. The fraction of sp³-hybridized carbons (Fsp3) is 0.833. The van der Waals surface area contributed by atoms with E-state index < -0.39 is 0 Å². The van der Waals surface area contributed by atoms with Crippen molar-refractivity contribution < 1.29 is 36.5 Å². The molecule has 0 nitrogen and oxygen atoms in total. The van der Waals surface area contributed by atoms with Crippen LogP contribution in [0.4, 0.5) is 0 Å². The summed E-state index contributed by atoms with van der Waals surface area (Å²) in [5.74, 6) is 3.80. The molecule has 4 rings (SSSR count). The monoisotopic (exact) mass is 720 g/mol. The maximum Gasteiger partial charge on any atom is 2.00 e. The smallest absolute Gasteiger partial charge is 0.242 e. The van der Waals surface area contributed by atoms with Gasteiger partial charge in [-0.2, -0.15) is 0 Å². The average Bonchev–Trinajstić information content (AvgIpc) is 3.39. The molecule has 4 heteroatoms. The molecule has 0 N–H and O–H groups in total. The van der Waals surface area contributed by atoms with Crippen molar-refractivity contribution in [2.75, 3.05) is 0 Å². The summed E-state index contributed by atoms with van der Waals surface area (Å²) in [6, 6.07) is 0.